The molecular weight excluding hydrogens is 319 g/mol. The molecule has 0 aliphatic heterocycles. The van der Waals surface area contributed by atoms with Crippen LogP contribution in [0.15, 0.2) is 29.3 Å². The van der Waals surface area contributed by atoms with E-state index >= 15 is 0 Å². The van der Waals surface area contributed by atoms with Crippen molar-refractivity contribution in [2.24, 2.45) is 4.99 Å². The number of hydrogen-bond acceptors (Lipinski definition) is 2. The number of benzene rings is 1. The fraction of sp³-hybridized carbons (Fsp3) is 0.588. The summed E-state index contributed by atoms with van der Waals surface area (Å²) in [5, 5.41) is 6.47. The molecule has 0 fully saturated rings. The zero-order valence-electron chi connectivity index (χ0n) is 14.6. The van der Waals surface area contributed by atoms with Gasteiger partial charge in [-0.25, -0.2) is 4.99 Å². The smallest absolute Gasteiger partial charge is 0.367 e. The Kier molecular flexibility index (Phi) is 7.54. The molecule has 7 heteroatoms. The van der Waals surface area contributed by atoms with Gasteiger partial charge in [0, 0.05) is 12.1 Å². The lowest BCUT2D eigenvalue weighted by atomic mass is 10.1. The molecule has 0 aliphatic carbocycles. The molecule has 0 heterocycles. The zero-order valence-corrected chi connectivity index (χ0v) is 14.6. The lowest BCUT2D eigenvalue weighted by molar-refractivity contribution is -0.176. The predicted molar refractivity (Wildman–Crippen MR) is 89.9 cm³/mol. The molecule has 0 bridgehead atoms. The monoisotopic (exact) mass is 345 g/mol. The molecule has 0 radical (unpaired) electrons. The van der Waals surface area contributed by atoms with E-state index in [0.29, 0.717) is 12.1 Å². The van der Waals surface area contributed by atoms with Gasteiger partial charge in [0.05, 0.1) is 13.2 Å². The Labute approximate surface area is 141 Å². The van der Waals surface area contributed by atoms with Gasteiger partial charge in [0.1, 0.15) is 6.61 Å². The highest BCUT2D eigenvalue weighted by atomic mass is 19.4. The second-order valence-electron chi connectivity index (χ2n) is 6.49. The molecule has 1 rings (SSSR count). The number of halogens is 3. The molecule has 0 saturated carbocycles. The van der Waals surface area contributed by atoms with Crippen LogP contribution in [-0.2, 0) is 17.9 Å². The van der Waals surface area contributed by atoms with Crippen molar-refractivity contribution in [1.82, 2.24) is 10.6 Å². The second-order valence-corrected chi connectivity index (χ2v) is 6.49. The Hall–Kier alpha value is -1.76. The van der Waals surface area contributed by atoms with E-state index in [-0.39, 0.29) is 12.1 Å². The number of guanidine groups is 1. The Morgan fingerprint density at radius 3 is 2.17 bits per heavy atom. The highest BCUT2D eigenvalue weighted by Gasteiger charge is 2.27. The van der Waals surface area contributed by atoms with E-state index in [1.807, 2.05) is 19.1 Å². The molecule has 0 unspecified atom stereocenters. The van der Waals surface area contributed by atoms with Crippen LogP contribution in [0, 0.1) is 0 Å². The Bertz CT molecular complexity index is 519. The summed E-state index contributed by atoms with van der Waals surface area (Å²) < 4.78 is 40.7. The first-order valence-corrected chi connectivity index (χ1v) is 7.88. The molecule has 2 N–H and O–H groups in total. The van der Waals surface area contributed by atoms with E-state index in [2.05, 4.69) is 41.1 Å². The number of ether oxygens (including phenoxy) is 1. The van der Waals surface area contributed by atoms with Crippen LogP contribution in [0.2, 0.25) is 0 Å². The summed E-state index contributed by atoms with van der Waals surface area (Å²) in [6.07, 6.45) is -4.29. The normalized spacial score (nSPS) is 13.0. The molecular formula is C17H26F3N3O. The van der Waals surface area contributed by atoms with Crippen LogP contribution in [0.5, 0.6) is 0 Å². The van der Waals surface area contributed by atoms with Crippen LogP contribution in [0.4, 0.5) is 13.2 Å². The fourth-order valence-corrected chi connectivity index (χ4v) is 1.86. The number of nitrogens with zero attached hydrogens (tertiary/aromatic N) is 1. The minimum absolute atomic E-state index is 0.0583. The molecule has 4 nitrogen and oxygen atoms in total. The summed E-state index contributed by atoms with van der Waals surface area (Å²) in [4.78, 5) is 4.51. The van der Waals surface area contributed by atoms with Gasteiger partial charge in [-0.15, -0.1) is 0 Å². The number of alkyl halides is 3. The van der Waals surface area contributed by atoms with E-state index in [1.165, 1.54) is 0 Å². The van der Waals surface area contributed by atoms with Crippen molar-refractivity contribution in [3.05, 3.63) is 35.4 Å². The number of rotatable bonds is 6. The Morgan fingerprint density at radius 2 is 1.67 bits per heavy atom. The van der Waals surface area contributed by atoms with E-state index in [1.54, 1.807) is 12.1 Å². The van der Waals surface area contributed by atoms with Gasteiger partial charge in [-0.1, -0.05) is 24.3 Å². The lowest BCUT2D eigenvalue weighted by Gasteiger charge is -2.23. The lowest BCUT2D eigenvalue weighted by Crippen LogP contribution is -2.47. The van der Waals surface area contributed by atoms with Crippen molar-refractivity contribution in [3.63, 3.8) is 0 Å². The van der Waals surface area contributed by atoms with Crippen molar-refractivity contribution < 1.29 is 17.9 Å². The van der Waals surface area contributed by atoms with Gasteiger partial charge >= 0.3 is 6.18 Å². The van der Waals surface area contributed by atoms with Gasteiger partial charge in [0.25, 0.3) is 0 Å². The van der Waals surface area contributed by atoms with E-state index in [9.17, 15) is 13.2 Å². The summed E-state index contributed by atoms with van der Waals surface area (Å²) >= 11 is 0. The largest absolute Gasteiger partial charge is 0.411 e. The van der Waals surface area contributed by atoms with Crippen molar-refractivity contribution >= 4 is 5.96 Å². The summed E-state index contributed by atoms with van der Waals surface area (Å²) in [7, 11) is 0. The third kappa shape index (κ3) is 9.39. The van der Waals surface area contributed by atoms with E-state index < -0.39 is 12.8 Å². The standard InChI is InChI=1S/C17H26F3N3O/c1-5-21-15(23-16(2,3)4)22-10-13-6-8-14(9-7-13)11-24-12-17(18,19)20/h6-9H,5,10-12H2,1-4H3,(H2,21,22,23). The second kappa shape index (κ2) is 8.92. The van der Waals surface area contributed by atoms with Gasteiger partial charge in [-0.3, -0.25) is 0 Å². The molecule has 0 aromatic heterocycles. The first-order valence-electron chi connectivity index (χ1n) is 7.88. The van der Waals surface area contributed by atoms with Gasteiger partial charge in [0.15, 0.2) is 5.96 Å². The topological polar surface area (TPSA) is 45.7 Å². The van der Waals surface area contributed by atoms with Crippen molar-refractivity contribution in [1.29, 1.82) is 0 Å². The maximum absolute atomic E-state index is 12.0. The third-order valence-electron chi connectivity index (χ3n) is 2.81. The quantitative estimate of drug-likeness (QED) is 0.611. The summed E-state index contributed by atoms with van der Waals surface area (Å²) in [6, 6.07) is 7.20. The molecule has 1 aromatic rings. The SMILES string of the molecule is CCNC(=NCc1ccc(COCC(F)(F)F)cc1)NC(C)(C)C. The maximum Gasteiger partial charge on any atom is 0.411 e. The van der Waals surface area contributed by atoms with Gasteiger partial charge < -0.3 is 15.4 Å². The molecule has 0 spiro atoms. The molecule has 0 saturated heterocycles. The summed E-state index contributed by atoms with van der Waals surface area (Å²) in [5.41, 5.74) is 1.58. The van der Waals surface area contributed by atoms with Crippen molar-refractivity contribution in [3.8, 4) is 0 Å². The van der Waals surface area contributed by atoms with Gasteiger partial charge in [-0.05, 0) is 38.8 Å². The molecule has 136 valence electrons. The van der Waals surface area contributed by atoms with Crippen LogP contribution in [0.1, 0.15) is 38.8 Å². The number of nitrogens with one attached hydrogen (secondary N) is 2. The predicted octanol–water partition coefficient (Wildman–Crippen LogP) is 3.62. The molecule has 24 heavy (non-hydrogen) atoms. The van der Waals surface area contributed by atoms with Crippen LogP contribution >= 0.6 is 0 Å². The first kappa shape index (κ1) is 20.3. The van der Waals surface area contributed by atoms with Crippen LogP contribution in [0.25, 0.3) is 0 Å². The summed E-state index contributed by atoms with van der Waals surface area (Å²) in [6.45, 7) is 8.10. The molecule has 0 atom stereocenters. The molecule has 0 amide bonds. The van der Waals surface area contributed by atoms with E-state index in [4.69, 9.17) is 0 Å². The molecule has 0 aliphatic rings. The van der Waals surface area contributed by atoms with Crippen molar-refractivity contribution in [2.75, 3.05) is 13.2 Å². The van der Waals surface area contributed by atoms with Crippen LogP contribution < -0.4 is 10.6 Å². The average Bonchev–Trinajstić information content (AvgIpc) is 2.43. The number of aliphatic imine (C=N–C) groups is 1. The van der Waals surface area contributed by atoms with Crippen molar-refractivity contribution in [2.45, 2.75) is 52.6 Å². The zero-order chi connectivity index (χ0) is 18.2. The molecule has 1 aromatic carbocycles. The maximum atomic E-state index is 12.0. The van der Waals surface area contributed by atoms with Crippen LogP contribution in [0.3, 0.4) is 0 Å². The van der Waals surface area contributed by atoms with Gasteiger partial charge in [-0.2, -0.15) is 13.2 Å². The van der Waals surface area contributed by atoms with Gasteiger partial charge in [0.2, 0.25) is 0 Å². The minimum Gasteiger partial charge on any atom is -0.367 e. The number of hydrogen-bond donors (Lipinski definition) is 2. The van der Waals surface area contributed by atoms with E-state index in [0.717, 1.165) is 18.1 Å². The first-order chi connectivity index (χ1) is 11.1. The van der Waals surface area contributed by atoms with Crippen LogP contribution in [-0.4, -0.2) is 30.8 Å². The average molecular weight is 345 g/mol. The third-order valence-corrected chi connectivity index (χ3v) is 2.81. The fourth-order valence-electron chi connectivity index (χ4n) is 1.86. The highest BCUT2D eigenvalue weighted by Crippen LogP contribution is 2.16. The minimum atomic E-state index is -4.29. The Morgan fingerprint density at radius 1 is 1.08 bits per heavy atom. The highest BCUT2D eigenvalue weighted by molar-refractivity contribution is 5.80. The summed E-state index contributed by atoms with van der Waals surface area (Å²) in [5.74, 6) is 0.725. The Balaban J connectivity index is 2.57.